The van der Waals surface area contributed by atoms with Crippen LogP contribution in [0.5, 0.6) is 0 Å². The largest absolute Gasteiger partial charge is 0.416 e. The fourth-order valence-electron chi connectivity index (χ4n) is 6.35. The second kappa shape index (κ2) is 11.3. The number of nitrogens with zero attached hydrogens (tertiary/aromatic N) is 4. The minimum absolute atomic E-state index is 0.164. The van der Waals surface area contributed by atoms with E-state index in [1.54, 1.807) is 0 Å². The number of benzene rings is 2. The molecule has 12 heteroatoms. The van der Waals surface area contributed by atoms with Crippen molar-refractivity contribution in [3.63, 3.8) is 0 Å². The number of H-pyrrole nitrogens is 1. The predicted octanol–water partition coefficient (Wildman–Crippen LogP) is 6.29. The first-order valence-electron chi connectivity index (χ1n) is 14.2. The van der Waals surface area contributed by atoms with Gasteiger partial charge in [0.05, 0.1) is 17.5 Å². The van der Waals surface area contributed by atoms with Gasteiger partial charge in [-0.25, -0.2) is 8.42 Å². The molecule has 42 heavy (non-hydrogen) atoms. The minimum atomic E-state index is -4.43. The number of nitrogens with one attached hydrogen (secondary N) is 1. The highest BCUT2D eigenvalue weighted by Gasteiger charge is 2.32. The van der Waals surface area contributed by atoms with E-state index in [1.807, 2.05) is 22.9 Å². The molecule has 2 aromatic heterocycles. The lowest BCUT2D eigenvalue weighted by atomic mass is 9.89. The second-order valence-electron chi connectivity index (χ2n) is 11.3. The van der Waals surface area contributed by atoms with Crippen molar-refractivity contribution >= 4 is 32.5 Å². The van der Waals surface area contributed by atoms with E-state index in [0.717, 1.165) is 72.8 Å². The van der Waals surface area contributed by atoms with Crippen LogP contribution in [0.15, 0.2) is 48.7 Å². The molecule has 0 saturated carbocycles. The van der Waals surface area contributed by atoms with Crippen molar-refractivity contribution < 1.29 is 21.6 Å². The van der Waals surface area contributed by atoms with Crippen molar-refractivity contribution in [2.24, 2.45) is 0 Å². The Morgan fingerprint density at radius 3 is 2.48 bits per heavy atom. The molecule has 4 aromatic rings. The number of piperidine rings is 1. The SMILES string of the molecule is CS(=O)(=O)N1CCc2c(c(-c3ccc(C(F)(F)F)cc3)nn2CCCN2CCC(c3c[nH]c4ccc(Cl)cc34)CC2)C1. The summed E-state index contributed by atoms with van der Waals surface area (Å²) in [5.74, 6) is 0.482. The number of sulfonamides is 1. The van der Waals surface area contributed by atoms with Crippen LogP contribution in [0.1, 0.15) is 47.6 Å². The Kier molecular flexibility index (Phi) is 7.88. The molecule has 0 aliphatic carbocycles. The second-order valence-corrected chi connectivity index (χ2v) is 13.7. The summed E-state index contributed by atoms with van der Waals surface area (Å²) in [5, 5.41) is 6.76. The third kappa shape index (κ3) is 5.97. The number of likely N-dealkylation sites (tertiary alicyclic amines) is 1. The molecule has 224 valence electrons. The van der Waals surface area contributed by atoms with E-state index in [4.69, 9.17) is 16.7 Å². The lowest BCUT2D eigenvalue weighted by molar-refractivity contribution is -0.137. The molecule has 7 nitrogen and oxygen atoms in total. The Labute approximate surface area is 248 Å². The molecule has 6 rings (SSSR count). The van der Waals surface area contributed by atoms with Crippen LogP contribution in [0.3, 0.4) is 0 Å². The van der Waals surface area contributed by atoms with E-state index in [0.29, 0.717) is 36.7 Å². The van der Waals surface area contributed by atoms with E-state index < -0.39 is 21.8 Å². The zero-order chi connectivity index (χ0) is 29.6. The highest BCUT2D eigenvalue weighted by molar-refractivity contribution is 7.88. The number of aromatic amines is 1. The molecule has 0 radical (unpaired) electrons. The highest BCUT2D eigenvalue weighted by Crippen LogP contribution is 2.36. The maximum atomic E-state index is 13.1. The lowest BCUT2D eigenvalue weighted by Gasteiger charge is -2.32. The smallest absolute Gasteiger partial charge is 0.361 e. The molecular formula is C30H33ClF3N5O2S. The van der Waals surface area contributed by atoms with Gasteiger partial charge in [-0.1, -0.05) is 23.7 Å². The zero-order valence-corrected chi connectivity index (χ0v) is 24.9. The van der Waals surface area contributed by atoms with Crippen molar-refractivity contribution in [1.29, 1.82) is 0 Å². The number of hydrogen-bond acceptors (Lipinski definition) is 4. The normalized spacial score (nSPS) is 17.6. The molecule has 2 aliphatic heterocycles. The topological polar surface area (TPSA) is 74.2 Å². The predicted molar refractivity (Wildman–Crippen MR) is 158 cm³/mol. The van der Waals surface area contributed by atoms with Gasteiger partial charge in [0.25, 0.3) is 0 Å². The molecule has 2 aromatic carbocycles. The number of hydrogen-bond donors (Lipinski definition) is 1. The molecule has 0 atom stereocenters. The maximum absolute atomic E-state index is 13.1. The van der Waals surface area contributed by atoms with Crippen molar-refractivity contribution in [2.45, 2.75) is 50.9 Å². The van der Waals surface area contributed by atoms with Crippen LogP contribution in [0.25, 0.3) is 22.2 Å². The molecule has 4 heterocycles. The quantitative estimate of drug-likeness (QED) is 0.264. The fraction of sp³-hybridized carbons (Fsp3) is 0.433. The van der Waals surface area contributed by atoms with Crippen LogP contribution in [-0.4, -0.2) is 64.8 Å². The van der Waals surface area contributed by atoms with Gasteiger partial charge in [0, 0.05) is 65.0 Å². The fourth-order valence-corrected chi connectivity index (χ4v) is 7.31. The number of rotatable bonds is 7. The first kappa shape index (κ1) is 29.2. The van der Waals surface area contributed by atoms with Gasteiger partial charge < -0.3 is 9.88 Å². The van der Waals surface area contributed by atoms with Gasteiger partial charge in [-0.2, -0.15) is 22.6 Å². The minimum Gasteiger partial charge on any atom is -0.361 e. The summed E-state index contributed by atoms with van der Waals surface area (Å²) in [4.78, 5) is 5.84. The van der Waals surface area contributed by atoms with Crippen LogP contribution in [0, 0.1) is 0 Å². The average Bonchev–Trinajstić information content (AvgIpc) is 3.53. The van der Waals surface area contributed by atoms with Crippen molar-refractivity contribution in [2.75, 3.05) is 32.4 Å². The number of halogens is 4. The molecule has 1 saturated heterocycles. The summed E-state index contributed by atoms with van der Waals surface area (Å²) >= 11 is 6.25. The molecular weight excluding hydrogens is 587 g/mol. The number of alkyl halides is 3. The van der Waals surface area contributed by atoms with Crippen molar-refractivity contribution in [3.8, 4) is 11.3 Å². The van der Waals surface area contributed by atoms with Gasteiger partial charge >= 0.3 is 6.18 Å². The number of aryl methyl sites for hydroxylation is 1. The summed E-state index contributed by atoms with van der Waals surface area (Å²) in [6.07, 6.45) is 2.37. The summed E-state index contributed by atoms with van der Waals surface area (Å²) in [5.41, 5.74) is 4.53. The van der Waals surface area contributed by atoms with E-state index in [9.17, 15) is 21.6 Å². The Morgan fingerprint density at radius 2 is 1.79 bits per heavy atom. The monoisotopic (exact) mass is 619 g/mol. The number of aromatic nitrogens is 3. The van der Waals surface area contributed by atoms with E-state index in [1.165, 1.54) is 33.6 Å². The Balaban J connectivity index is 1.13. The zero-order valence-electron chi connectivity index (χ0n) is 23.3. The van der Waals surface area contributed by atoms with E-state index >= 15 is 0 Å². The van der Waals surface area contributed by atoms with Gasteiger partial charge in [0.2, 0.25) is 10.0 Å². The van der Waals surface area contributed by atoms with Crippen molar-refractivity contribution in [1.82, 2.24) is 24.0 Å². The van der Waals surface area contributed by atoms with Gasteiger partial charge in [-0.05, 0) is 80.7 Å². The standard InChI is InChI=1S/C30H33ClF3N5O2S/c1-42(40,41)38-16-11-28-26(19-38)29(21-3-5-22(6-4-21)30(32,33)34)36-39(28)13-2-12-37-14-9-20(10-15-37)25-18-35-27-8-7-23(31)17-24(25)27/h3-8,17-18,20,35H,2,9-16,19H2,1H3. The van der Waals surface area contributed by atoms with Crippen LogP contribution < -0.4 is 0 Å². The Morgan fingerprint density at radius 1 is 1.05 bits per heavy atom. The molecule has 0 bridgehead atoms. The summed E-state index contributed by atoms with van der Waals surface area (Å²) in [6, 6.07) is 10.9. The van der Waals surface area contributed by atoms with E-state index in [2.05, 4.69) is 16.1 Å². The third-order valence-corrected chi connectivity index (χ3v) is 10.1. The van der Waals surface area contributed by atoms with Gasteiger partial charge in [0.15, 0.2) is 0 Å². The van der Waals surface area contributed by atoms with Crippen LogP contribution in [-0.2, 0) is 35.7 Å². The van der Waals surface area contributed by atoms with Crippen molar-refractivity contribution in [3.05, 3.63) is 76.1 Å². The van der Waals surface area contributed by atoms with Gasteiger partial charge in [-0.15, -0.1) is 0 Å². The molecule has 0 spiro atoms. The Hall–Kier alpha value is -2.86. The number of fused-ring (bicyclic) bond motifs is 2. The van der Waals surface area contributed by atoms with Crippen LogP contribution in [0.2, 0.25) is 5.02 Å². The average molecular weight is 620 g/mol. The third-order valence-electron chi connectivity index (χ3n) is 8.60. The lowest BCUT2D eigenvalue weighted by Crippen LogP contribution is -2.36. The molecule has 1 fully saturated rings. The molecule has 0 unspecified atom stereocenters. The summed E-state index contributed by atoms with van der Waals surface area (Å²) in [7, 11) is -3.42. The maximum Gasteiger partial charge on any atom is 0.416 e. The van der Waals surface area contributed by atoms with Crippen LogP contribution >= 0.6 is 11.6 Å². The summed E-state index contributed by atoms with van der Waals surface area (Å²) in [6.45, 7) is 4.08. The van der Waals surface area contributed by atoms with Crippen LogP contribution in [0.4, 0.5) is 13.2 Å². The van der Waals surface area contributed by atoms with E-state index in [-0.39, 0.29) is 6.54 Å². The highest BCUT2D eigenvalue weighted by atomic mass is 35.5. The summed E-state index contributed by atoms with van der Waals surface area (Å²) < 4.78 is 67.3. The molecule has 1 N–H and O–H groups in total. The first-order chi connectivity index (χ1) is 20.0. The van der Waals surface area contributed by atoms with Gasteiger partial charge in [0.1, 0.15) is 0 Å². The van der Waals surface area contributed by atoms with Gasteiger partial charge in [-0.3, -0.25) is 4.68 Å². The molecule has 2 aliphatic rings. The first-order valence-corrected chi connectivity index (χ1v) is 16.4. The Bertz CT molecular complexity index is 1690. The molecule has 0 amide bonds.